The predicted octanol–water partition coefficient (Wildman–Crippen LogP) is 3.63. The van der Waals surface area contributed by atoms with Crippen molar-refractivity contribution < 1.29 is 25.2 Å². The van der Waals surface area contributed by atoms with Gasteiger partial charge in [-0.1, -0.05) is 68.7 Å². The zero-order chi connectivity index (χ0) is 20.1. The van der Waals surface area contributed by atoms with Gasteiger partial charge in [0.1, 0.15) is 0 Å². The molecule has 5 heteroatoms. The van der Waals surface area contributed by atoms with Crippen molar-refractivity contribution in [2.45, 2.75) is 70.2 Å². The molecular formula is C22H32O5. The molecule has 0 aliphatic rings. The van der Waals surface area contributed by atoms with Crippen LogP contribution >= 0.6 is 0 Å². The van der Waals surface area contributed by atoms with Crippen LogP contribution in [0.1, 0.15) is 63.0 Å². The normalized spacial score (nSPS) is 15.3. The van der Waals surface area contributed by atoms with Crippen LogP contribution in [0.25, 0.3) is 12.2 Å². The Labute approximate surface area is 161 Å². The van der Waals surface area contributed by atoms with Gasteiger partial charge in [-0.05, 0) is 36.5 Å². The van der Waals surface area contributed by atoms with E-state index in [0.29, 0.717) is 6.42 Å². The van der Waals surface area contributed by atoms with Gasteiger partial charge in [0.2, 0.25) is 0 Å². The second-order valence-electron chi connectivity index (χ2n) is 6.80. The third-order valence-corrected chi connectivity index (χ3v) is 4.30. The smallest absolute Gasteiger partial charge is 0.303 e. The van der Waals surface area contributed by atoms with Crippen LogP contribution in [0, 0.1) is 0 Å². The van der Waals surface area contributed by atoms with Gasteiger partial charge in [-0.2, -0.15) is 0 Å². The maximum atomic E-state index is 10.5. The molecule has 0 saturated carbocycles. The number of aliphatic hydroxyl groups excluding tert-OH is 3. The summed E-state index contributed by atoms with van der Waals surface area (Å²) in [4.78, 5) is 10.5. The average molecular weight is 376 g/mol. The number of carboxylic acids is 1. The molecule has 5 nitrogen and oxygen atoms in total. The van der Waals surface area contributed by atoms with E-state index in [0.717, 1.165) is 36.8 Å². The summed E-state index contributed by atoms with van der Waals surface area (Å²) in [6.07, 6.45) is 8.98. The van der Waals surface area contributed by atoms with Crippen LogP contribution in [-0.4, -0.2) is 44.7 Å². The van der Waals surface area contributed by atoms with Gasteiger partial charge in [0.15, 0.2) is 0 Å². The van der Waals surface area contributed by atoms with Gasteiger partial charge in [-0.3, -0.25) is 4.79 Å². The molecule has 150 valence electrons. The number of aliphatic carboxylic acids is 1. The minimum Gasteiger partial charge on any atom is -0.481 e. The highest BCUT2D eigenvalue weighted by atomic mass is 16.4. The molecule has 1 aromatic rings. The number of hydrogen-bond donors (Lipinski definition) is 4. The van der Waals surface area contributed by atoms with Crippen LogP contribution in [0.15, 0.2) is 36.4 Å². The van der Waals surface area contributed by atoms with Crippen molar-refractivity contribution in [2.75, 3.05) is 0 Å². The number of unbranched alkanes of at least 4 members (excludes halogenated alkanes) is 2. The second kappa shape index (κ2) is 13.3. The molecule has 0 fully saturated rings. The van der Waals surface area contributed by atoms with E-state index in [1.54, 1.807) is 12.2 Å². The summed E-state index contributed by atoms with van der Waals surface area (Å²) in [5.41, 5.74) is 1.82. The van der Waals surface area contributed by atoms with E-state index in [9.17, 15) is 20.1 Å². The van der Waals surface area contributed by atoms with Gasteiger partial charge in [-0.25, -0.2) is 0 Å². The molecule has 1 rings (SSSR count). The van der Waals surface area contributed by atoms with E-state index in [1.165, 1.54) is 6.08 Å². The lowest BCUT2D eigenvalue weighted by atomic mass is 10.0. The molecule has 0 amide bonds. The molecule has 27 heavy (non-hydrogen) atoms. The lowest BCUT2D eigenvalue weighted by Crippen LogP contribution is -2.23. The van der Waals surface area contributed by atoms with Crippen molar-refractivity contribution in [3.05, 3.63) is 47.5 Å². The largest absolute Gasteiger partial charge is 0.481 e. The molecule has 0 aromatic heterocycles. The summed E-state index contributed by atoms with van der Waals surface area (Å²) in [5.74, 6) is -0.910. The van der Waals surface area contributed by atoms with Crippen LogP contribution in [0.3, 0.4) is 0 Å². The van der Waals surface area contributed by atoms with Gasteiger partial charge in [0.25, 0.3) is 0 Å². The minimum atomic E-state index is -1.04. The van der Waals surface area contributed by atoms with Gasteiger partial charge < -0.3 is 20.4 Å². The first-order valence-corrected chi connectivity index (χ1v) is 9.64. The lowest BCUT2D eigenvalue weighted by molar-refractivity contribution is -0.137. The molecule has 0 radical (unpaired) electrons. The van der Waals surface area contributed by atoms with Gasteiger partial charge in [0, 0.05) is 6.42 Å². The number of aliphatic hydroxyl groups is 3. The van der Waals surface area contributed by atoms with E-state index in [1.807, 2.05) is 30.3 Å². The highest BCUT2D eigenvalue weighted by molar-refractivity contribution is 5.66. The second-order valence-corrected chi connectivity index (χ2v) is 6.80. The monoisotopic (exact) mass is 376 g/mol. The number of benzene rings is 1. The molecule has 0 aliphatic heterocycles. The van der Waals surface area contributed by atoms with Crippen molar-refractivity contribution in [3.8, 4) is 0 Å². The summed E-state index contributed by atoms with van der Waals surface area (Å²) in [6, 6.07) is 7.63. The number of hydrogen-bond acceptors (Lipinski definition) is 4. The number of carboxylic acid groups (broad SMARTS) is 1. The Morgan fingerprint density at radius 1 is 1.00 bits per heavy atom. The Hall–Kier alpha value is -1.95. The number of rotatable bonds is 13. The first-order valence-electron chi connectivity index (χ1n) is 9.64. The summed E-state index contributed by atoms with van der Waals surface area (Å²) in [6.45, 7) is 2.13. The minimum absolute atomic E-state index is 0.0217. The summed E-state index contributed by atoms with van der Waals surface area (Å²) >= 11 is 0. The zero-order valence-corrected chi connectivity index (χ0v) is 16.0. The molecule has 0 unspecified atom stereocenters. The van der Waals surface area contributed by atoms with E-state index in [4.69, 9.17) is 5.11 Å². The highest BCUT2D eigenvalue weighted by Gasteiger charge is 2.13. The van der Waals surface area contributed by atoms with Crippen LogP contribution < -0.4 is 0 Å². The molecule has 3 atom stereocenters. The Kier molecular flexibility index (Phi) is 11.3. The summed E-state index contributed by atoms with van der Waals surface area (Å²) < 4.78 is 0. The maximum Gasteiger partial charge on any atom is 0.303 e. The average Bonchev–Trinajstić information content (AvgIpc) is 2.64. The molecule has 0 bridgehead atoms. The lowest BCUT2D eigenvalue weighted by Gasteiger charge is -2.13. The zero-order valence-electron chi connectivity index (χ0n) is 16.0. The predicted molar refractivity (Wildman–Crippen MR) is 108 cm³/mol. The third-order valence-electron chi connectivity index (χ3n) is 4.30. The van der Waals surface area contributed by atoms with E-state index in [-0.39, 0.29) is 12.8 Å². The van der Waals surface area contributed by atoms with E-state index >= 15 is 0 Å². The highest BCUT2D eigenvalue weighted by Crippen LogP contribution is 2.13. The summed E-state index contributed by atoms with van der Waals surface area (Å²) in [5, 5.41) is 38.4. The molecular weight excluding hydrogens is 344 g/mol. The molecule has 0 saturated heterocycles. The van der Waals surface area contributed by atoms with Crippen molar-refractivity contribution in [1.29, 1.82) is 0 Å². The topological polar surface area (TPSA) is 98.0 Å². The standard InChI is InChI=1S/C22H32O5/c1-2-3-4-9-19(23)14-12-17-7-5-8-18(16-17)13-15-21(25)20(24)10-6-11-22(26)27/h5,7-8,12-16,19-21,23-25H,2-4,6,9-11H2,1H3,(H,26,27)/b14-12+,15-13+/t19-,20-,21+/m0/s1. The quantitative estimate of drug-likeness (QED) is 0.394. The Morgan fingerprint density at radius 2 is 1.67 bits per heavy atom. The first kappa shape index (κ1) is 23.1. The first-order chi connectivity index (χ1) is 12.9. The molecule has 0 aliphatic carbocycles. The van der Waals surface area contributed by atoms with E-state index < -0.39 is 24.3 Å². The molecule has 4 N–H and O–H groups in total. The van der Waals surface area contributed by atoms with Crippen LogP contribution in [0.2, 0.25) is 0 Å². The fourth-order valence-corrected chi connectivity index (χ4v) is 2.66. The Balaban J connectivity index is 2.54. The van der Waals surface area contributed by atoms with Crippen LogP contribution in [-0.2, 0) is 4.79 Å². The van der Waals surface area contributed by atoms with Crippen LogP contribution in [0.5, 0.6) is 0 Å². The van der Waals surface area contributed by atoms with Crippen molar-refractivity contribution in [1.82, 2.24) is 0 Å². The van der Waals surface area contributed by atoms with Crippen LogP contribution in [0.4, 0.5) is 0 Å². The van der Waals surface area contributed by atoms with Gasteiger partial charge in [0.05, 0.1) is 18.3 Å². The van der Waals surface area contributed by atoms with Crippen molar-refractivity contribution in [3.63, 3.8) is 0 Å². The third kappa shape index (κ3) is 10.7. The SMILES string of the molecule is CCCCC[C@H](O)/C=C/c1cccc(/C=C/[C@@H](O)[C@@H](O)CCCC(=O)O)c1. The molecule has 1 aromatic carbocycles. The van der Waals surface area contributed by atoms with E-state index in [2.05, 4.69) is 6.92 Å². The molecule has 0 spiro atoms. The fraction of sp³-hybridized carbons (Fsp3) is 0.500. The Bertz CT molecular complexity index is 608. The summed E-state index contributed by atoms with van der Waals surface area (Å²) in [7, 11) is 0. The van der Waals surface area contributed by atoms with Gasteiger partial charge in [-0.15, -0.1) is 0 Å². The molecule has 0 heterocycles. The van der Waals surface area contributed by atoms with Crippen molar-refractivity contribution in [2.24, 2.45) is 0 Å². The number of carbonyl (C=O) groups is 1. The van der Waals surface area contributed by atoms with Gasteiger partial charge >= 0.3 is 5.97 Å². The fourth-order valence-electron chi connectivity index (χ4n) is 2.66. The Morgan fingerprint density at radius 3 is 2.30 bits per heavy atom. The maximum absolute atomic E-state index is 10.5. The van der Waals surface area contributed by atoms with Crippen molar-refractivity contribution >= 4 is 18.1 Å².